The predicted octanol–water partition coefficient (Wildman–Crippen LogP) is 3.24. The van der Waals surface area contributed by atoms with Gasteiger partial charge in [0.25, 0.3) is 0 Å². The maximum atomic E-state index is 13.2. The van der Waals surface area contributed by atoms with Crippen LogP contribution in [0.1, 0.15) is 32.4 Å². The van der Waals surface area contributed by atoms with E-state index in [0.717, 1.165) is 10.0 Å². The van der Waals surface area contributed by atoms with E-state index in [-0.39, 0.29) is 30.1 Å². The average molecular weight is 420 g/mol. The van der Waals surface area contributed by atoms with E-state index in [9.17, 15) is 9.59 Å². The highest BCUT2D eigenvalue weighted by atomic mass is 79.9. The minimum atomic E-state index is -0.702. The van der Waals surface area contributed by atoms with Crippen molar-refractivity contribution in [3.63, 3.8) is 0 Å². The Morgan fingerprint density at radius 2 is 2.00 bits per heavy atom. The molecule has 5 nitrogen and oxygen atoms in total. The number of nitrogens with zero attached hydrogens (tertiary/aromatic N) is 1. The molecule has 2 saturated heterocycles. The van der Waals surface area contributed by atoms with E-state index >= 15 is 0 Å². The van der Waals surface area contributed by atoms with Crippen LogP contribution in [0.15, 0.2) is 40.9 Å². The maximum absolute atomic E-state index is 13.2. The summed E-state index contributed by atoms with van der Waals surface area (Å²) in [4.78, 5) is 27.7. The first-order valence-electron chi connectivity index (χ1n) is 8.96. The average Bonchev–Trinajstić information content (AvgIpc) is 3.22. The Kier molecular flexibility index (Phi) is 4.23. The Hall–Kier alpha value is -1.66. The summed E-state index contributed by atoms with van der Waals surface area (Å²) in [6, 6.07) is 7.86. The normalized spacial score (nSPS) is 33.0. The van der Waals surface area contributed by atoms with Gasteiger partial charge in [0.1, 0.15) is 11.5 Å². The number of likely N-dealkylation sites (tertiary alicyclic amines) is 1. The number of fused-ring (bicyclic) bond motifs is 1. The molecule has 2 bridgehead atoms. The van der Waals surface area contributed by atoms with Crippen molar-refractivity contribution in [2.45, 2.75) is 44.6 Å². The summed E-state index contributed by atoms with van der Waals surface area (Å²) in [7, 11) is 0. The third-order valence-corrected chi connectivity index (χ3v) is 6.10. The highest BCUT2D eigenvalue weighted by Crippen LogP contribution is 2.53. The number of esters is 1. The van der Waals surface area contributed by atoms with Gasteiger partial charge in [-0.05, 0) is 38.5 Å². The van der Waals surface area contributed by atoms with Crippen LogP contribution in [-0.4, -0.2) is 41.1 Å². The Morgan fingerprint density at radius 3 is 2.65 bits per heavy atom. The number of amides is 1. The molecular formula is C20H22BrNO4. The zero-order valence-electron chi connectivity index (χ0n) is 15.0. The molecule has 4 rings (SSSR count). The van der Waals surface area contributed by atoms with Crippen molar-refractivity contribution in [1.82, 2.24) is 4.90 Å². The van der Waals surface area contributed by atoms with E-state index in [1.807, 2.05) is 62.1 Å². The van der Waals surface area contributed by atoms with Crippen LogP contribution >= 0.6 is 15.9 Å². The lowest BCUT2D eigenvalue weighted by Gasteiger charge is -2.27. The van der Waals surface area contributed by atoms with Crippen LogP contribution in [0.3, 0.4) is 0 Å². The number of carbonyl (C=O) groups excluding carboxylic acids is 2. The number of hydrogen-bond donors (Lipinski definition) is 0. The van der Waals surface area contributed by atoms with Gasteiger partial charge in [-0.3, -0.25) is 9.59 Å². The van der Waals surface area contributed by atoms with E-state index in [1.165, 1.54) is 0 Å². The first kappa shape index (κ1) is 17.7. The zero-order chi connectivity index (χ0) is 18.6. The van der Waals surface area contributed by atoms with Crippen LogP contribution in [0.5, 0.6) is 0 Å². The fraction of sp³-hybridized carbons (Fsp3) is 0.500. The Bertz CT molecular complexity index is 775. The summed E-state index contributed by atoms with van der Waals surface area (Å²) in [5.74, 6) is -1.43. The lowest BCUT2D eigenvalue weighted by molar-refractivity contribution is -0.157. The van der Waals surface area contributed by atoms with Crippen LogP contribution in [-0.2, 0) is 19.1 Å². The van der Waals surface area contributed by atoms with Gasteiger partial charge < -0.3 is 14.4 Å². The molecule has 1 aromatic rings. The van der Waals surface area contributed by atoms with Crippen molar-refractivity contribution in [3.8, 4) is 0 Å². The number of hydrogen-bond acceptors (Lipinski definition) is 4. The second-order valence-corrected chi connectivity index (χ2v) is 8.49. The lowest BCUT2D eigenvalue weighted by Crippen LogP contribution is -2.40. The fourth-order valence-electron chi connectivity index (χ4n) is 4.36. The summed E-state index contributed by atoms with van der Waals surface area (Å²) < 4.78 is 12.5. The number of benzene rings is 1. The molecule has 0 unspecified atom stereocenters. The lowest BCUT2D eigenvalue weighted by atomic mass is 9.77. The molecule has 1 amide bonds. The molecule has 0 N–H and O–H groups in total. The van der Waals surface area contributed by atoms with Crippen molar-refractivity contribution >= 4 is 27.8 Å². The van der Waals surface area contributed by atoms with Gasteiger partial charge in [0, 0.05) is 4.47 Å². The number of ether oxygens (including phenoxy) is 2. The van der Waals surface area contributed by atoms with Gasteiger partial charge in [0.05, 0.1) is 30.7 Å². The molecule has 1 spiro atoms. The molecule has 5 atom stereocenters. The highest BCUT2D eigenvalue weighted by Gasteiger charge is 2.67. The highest BCUT2D eigenvalue weighted by molar-refractivity contribution is 9.10. The fourth-order valence-corrected chi connectivity index (χ4v) is 4.62. The topological polar surface area (TPSA) is 55.8 Å². The first-order valence-corrected chi connectivity index (χ1v) is 9.75. The smallest absolute Gasteiger partial charge is 0.313 e. The van der Waals surface area contributed by atoms with Crippen molar-refractivity contribution in [1.29, 1.82) is 0 Å². The van der Waals surface area contributed by atoms with Crippen LogP contribution in [0.25, 0.3) is 0 Å². The van der Waals surface area contributed by atoms with Gasteiger partial charge in [-0.25, -0.2) is 0 Å². The molecule has 0 aromatic heterocycles. The molecule has 26 heavy (non-hydrogen) atoms. The molecule has 2 fully saturated rings. The third kappa shape index (κ3) is 2.62. The number of carbonyl (C=O) groups is 2. The zero-order valence-corrected chi connectivity index (χ0v) is 16.6. The van der Waals surface area contributed by atoms with Gasteiger partial charge in [0.2, 0.25) is 5.91 Å². The second kappa shape index (κ2) is 6.20. The van der Waals surface area contributed by atoms with Gasteiger partial charge in [-0.15, -0.1) is 0 Å². The van der Waals surface area contributed by atoms with Gasteiger partial charge >= 0.3 is 5.97 Å². The molecule has 0 saturated carbocycles. The first-order chi connectivity index (χ1) is 12.3. The summed E-state index contributed by atoms with van der Waals surface area (Å²) in [6.45, 7) is 6.11. The van der Waals surface area contributed by atoms with Crippen molar-refractivity contribution in [3.05, 3.63) is 46.5 Å². The van der Waals surface area contributed by atoms with Gasteiger partial charge in [0.15, 0.2) is 0 Å². The van der Waals surface area contributed by atoms with Crippen LogP contribution in [0, 0.1) is 11.8 Å². The molecule has 0 radical (unpaired) electrons. The van der Waals surface area contributed by atoms with E-state index in [1.54, 1.807) is 0 Å². The van der Waals surface area contributed by atoms with E-state index < -0.39 is 17.4 Å². The molecule has 1 aromatic carbocycles. The quantitative estimate of drug-likeness (QED) is 0.555. The Labute approximate surface area is 161 Å². The van der Waals surface area contributed by atoms with Gasteiger partial charge in [-0.1, -0.05) is 40.2 Å². The minimum absolute atomic E-state index is 0.0297. The van der Waals surface area contributed by atoms with E-state index in [0.29, 0.717) is 6.54 Å². The maximum Gasteiger partial charge on any atom is 0.313 e. The predicted molar refractivity (Wildman–Crippen MR) is 99.2 cm³/mol. The SMILES string of the molecule is CC(C)OC(=O)[C@H]1[C@H]2C(=O)N([C@@H](C)c3ccc(Br)cc3)C[C@@]23C=C[C@H]1O3. The molecule has 0 aliphatic carbocycles. The molecular weight excluding hydrogens is 398 g/mol. The van der Waals surface area contributed by atoms with Crippen LogP contribution < -0.4 is 0 Å². The second-order valence-electron chi connectivity index (χ2n) is 7.58. The number of rotatable bonds is 4. The molecule has 3 aliphatic rings. The summed E-state index contributed by atoms with van der Waals surface area (Å²) in [5.41, 5.74) is 0.351. The minimum Gasteiger partial charge on any atom is -0.463 e. The molecule has 3 heterocycles. The summed E-state index contributed by atoms with van der Waals surface area (Å²) in [6.07, 6.45) is 3.30. The van der Waals surface area contributed by atoms with Crippen molar-refractivity contribution in [2.75, 3.05) is 6.54 Å². The molecule has 3 aliphatic heterocycles. The summed E-state index contributed by atoms with van der Waals surface area (Å²) in [5, 5.41) is 0. The van der Waals surface area contributed by atoms with Crippen LogP contribution in [0.4, 0.5) is 0 Å². The largest absolute Gasteiger partial charge is 0.463 e. The molecule has 138 valence electrons. The van der Waals surface area contributed by atoms with E-state index in [4.69, 9.17) is 9.47 Å². The summed E-state index contributed by atoms with van der Waals surface area (Å²) >= 11 is 3.44. The monoisotopic (exact) mass is 419 g/mol. The number of halogens is 1. The Morgan fingerprint density at radius 1 is 1.31 bits per heavy atom. The molecule has 6 heteroatoms. The van der Waals surface area contributed by atoms with E-state index in [2.05, 4.69) is 15.9 Å². The third-order valence-electron chi connectivity index (χ3n) is 5.57. The van der Waals surface area contributed by atoms with Gasteiger partial charge in [-0.2, -0.15) is 0 Å². The van der Waals surface area contributed by atoms with Crippen molar-refractivity contribution in [2.24, 2.45) is 11.8 Å². The van der Waals surface area contributed by atoms with Crippen LogP contribution in [0.2, 0.25) is 0 Å². The standard InChI is InChI=1S/C20H22BrNO4/c1-11(2)25-19(24)16-15-8-9-20(26-15)10-22(18(23)17(16)20)12(3)13-4-6-14(21)7-5-13/h4-9,11-12,15-17H,10H2,1-3H3/t12-,15+,16+,17-,20-/m0/s1. The Balaban J connectivity index is 1.61. The van der Waals surface area contributed by atoms with Crippen molar-refractivity contribution < 1.29 is 19.1 Å².